The highest BCUT2D eigenvalue weighted by molar-refractivity contribution is 7.98. The Morgan fingerprint density at radius 2 is 1.94 bits per heavy atom. The standard InChI is InChI=1S/C13H10ClFOS/c14-10-7-9(5-6-11(10)15)8-17-13-4-2-1-3-12(13)16/h1-7,16H,8H2. The van der Waals surface area contributed by atoms with Gasteiger partial charge in [0.25, 0.3) is 0 Å². The molecular weight excluding hydrogens is 259 g/mol. The van der Waals surface area contributed by atoms with Gasteiger partial charge in [-0.05, 0) is 29.8 Å². The molecule has 0 aliphatic carbocycles. The summed E-state index contributed by atoms with van der Waals surface area (Å²) in [5.74, 6) is 0.478. The Morgan fingerprint density at radius 3 is 2.65 bits per heavy atom. The van der Waals surface area contributed by atoms with Gasteiger partial charge in [0.1, 0.15) is 11.6 Å². The minimum Gasteiger partial charge on any atom is -0.507 e. The van der Waals surface area contributed by atoms with E-state index < -0.39 is 5.82 Å². The smallest absolute Gasteiger partial charge is 0.141 e. The zero-order valence-electron chi connectivity index (χ0n) is 8.86. The molecule has 17 heavy (non-hydrogen) atoms. The highest BCUT2D eigenvalue weighted by Gasteiger charge is 2.04. The minimum atomic E-state index is -0.414. The van der Waals surface area contributed by atoms with E-state index in [1.165, 1.54) is 17.8 Å². The third kappa shape index (κ3) is 3.14. The molecule has 0 saturated heterocycles. The molecule has 0 fully saturated rings. The lowest BCUT2D eigenvalue weighted by Gasteiger charge is -2.04. The molecule has 0 unspecified atom stereocenters. The van der Waals surface area contributed by atoms with Gasteiger partial charge in [-0.15, -0.1) is 11.8 Å². The van der Waals surface area contributed by atoms with Crippen LogP contribution in [-0.4, -0.2) is 5.11 Å². The van der Waals surface area contributed by atoms with Crippen LogP contribution in [0.1, 0.15) is 5.56 Å². The first kappa shape index (κ1) is 12.3. The van der Waals surface area contributed by atoms with Gasteiger partial charge in [0.2, 0.25) is 0 Å². The third-order valence-corrected chi connectivity index (χ3v) is 3.67. The minimum absolute atomic E-state index is 0.125. The Kier molecular flexibility index (Phi) is 3.92. The number of para-hydroxylation sites is 1. The van der Waals surface area contributed by atoms with E-state index in [0.717, 1.165) is 10.5 Å². The molecule has 0 aliphatic rings. The first-order valence-corrected chi connectivity index (χ1v) is 6.38. The Balaban J connectivity index is 2.08. The molecule has 2 aromatic rings. The molecule has 2 rings (SSSR count). The van der Waals surface area contributed by atoms with Crippen LogP contribution in [0.25, 0.3) is 0 Å². The first-order chi connectivity index (χ1) is 8.16. The maximum absolute atomic E-state index is 12.9. The van der Waals surface area contributed by atoms with Gasteiger partial charge in [0.05, 0.1) is 5.02 Å². The average molecular weight is 269 g/mol. The van der Waals surface area contributed by atoms with Gasteiger partial charge < -0.3 is 5.11 Å². The van der Waals surface area contributed by atoms with Crippen LogP contribution in [0.15, 0.2) is 47.4 Å². The summed E-state index contributed by atoms with van der Waals surface area (Å²) in [6.07, 6.45) is 0. The van der Waals surface area contributed by atoms with Crippen molar-refractivity contribution in [1.82, 2.24) is 0 Å². The van der Waals surface area contributed by atoms with Crippen LogP contribution >= 0.6 is 23.4 Å². The molecule has 0 aromatic heterocycles. The largest absolute Gasteiger partial charge is 0.507 e. The summed E-state index contributed by atoms with van der Waals surface area (Å²) in [5, 5.41) is 9.71. The summed E-state index contributed by atoms with van der Waals surface area (Å²) < 4.78 is 12.9. The second-order valence-electron chi connectivity index (χ2n) is 3.50. The Morgan fingerprint density at radius 1 is 1.18 bits per heavy atom. The number of halogens is 2. The van der Waals surface area contributed by atoms with Crippen LogP contribution < -0.4 is 0 Å². The molecule has 0 saturated carbocycles. The second-order valence-corrected chi connectivity index (χ2v) is 4.93. The number of rotatable bonds is 3. The molecule has 0 aliphatic heterocycles. The molecule has 0 heterocycles. The van der Waals surface area contributed by atoms with E-state index in [0.29, 0.717) is 5.75 Å². The SMILES string of the molecule is Oc1ccccc1SCc1ccc(F)c(Cl)c1. The third-order valence-electron chi connectivity index (χ3n) is 2.24. The highest BCUT2D eigenvalue weighted by Crippen LogP contribution is 2.31. The zero-order chi connectivity index (χ0) is 12.3. The van der Waals surface area contributed by atoms with E-state index in [1.807, 2.05) is 12.1 Å². The van der Waals surface area contributed by atoms with Crippen molar-refractivity contribution in [3.05, 3.63) is 58.9 Å². The van der Waals surface area contributed by atoms with E-state index in [4.69, 9.17) is 11.6 Å². The second kappa shape index (κ2) is 5.43. The van der Waals surface area contributed by atoms with Gasteiger partial charge in [-0.25, -0.2) is 4.39 Å². The number of phenolic OH excluding ortho intramolecular Hbond substituents is 1. The molecule has 0 radical (unpaired) electrons. The lowest BCUT2D eigenvalue weighted by Crippen LogP contribution is -1.84. The summed E-state index contributed by atoms with van der Waals surface area (Å²) in [7, 11) is 0. The Labute approximate surface area is 108 Å². The van der Waals surface area contributed by atoms with Crippen molar-refractivity contribution < 1.29 is 9.50 Å². The van der Waals surface area contributed by atoms with Crippen molar-refractivity contribution in [2.75, 3.05) is 0 Å². The van der Waals surface area contributed by atoms with Gasteiger partial charge in [0, 0.05) is 10.6 Å². The normalized spacial score (nSPS) is 10.5. The van der Waals surface area contributed by atoms with Crippen molar-refractivity contribution in [3.63, 3.8) is 0 Å². The number of benzene rings is 2. The maximum atomic E-state index is 12.9. The highest BCUT2D eigenvalue weighted by atomic mass is 35.5. The molecule has 4 heteroatoms. The van der Waals surface area contributed by atoms with Crippen LogP contribution in [0.5, 0.6) is 5.75 Å². The van der Waals surface area contributed by atoms with Crippen LogP contribution in [0.2, 0.25) is 5.02 Å². The van der Waals surface area contributed by atoms with Crippen molar-refractivity contribution in [2.45, 2.75) is 10.6 Å². The van der Waals surface area contributed by atoms with Gasteiger partial charge in [-0.2, -0.15) is 0 Å². The van der Waals surface area contributed by atoms with Crippen molar-refractivity contribution in [3.8, 4) is 5.75 Å². The Hall–Kier alpha value is -1.19. The molecule has 0 amide bonds. The van der Waals surface area contributed by atoms with Crippen molar-refractivity contribution in [1.29, 1.82) is 0 Å². The fraction of sp³-hybridized carbons (Fsp3) is 0.0769. The molecule has 1 nitrogen and oxygen atoms in total. The van der Waals surface area contributed by atoms with E-state index >= 15 is 0 Å². The quantitative estimate of drug-likeness (QED) is 0.829. The van der Waals surface area contributed by atoms with Crippen LogP contribution in [-0.2, 0) is 5.75 Å². The van der Waals surface area contributed by atoms with Gasteiger partial charge >= 0.3 is 0 Å². The van der Waals surface area contributed by atoms with Gasteiger partial charge in [-0.1, -0.05) is 29.8 Å². The molecule has 0 bridgehead atoms. The Bertz CT molecular complexity index is 531. The predicted molar refractivity (Wildman–Crippen MR) is 69.1 cm³/mol. The van der Waals surface area contributed by atoms with Gasteiger partial charge in [-0.3, -0.25) is 0 Å². The molecule has 0 atom stereocenters. The molecule has 2 aromatic carbocycles. The first-order valence-electron chi connectivity index (χ1n) is 5.01. The van der Waals surface area contributed by atoms with E-state index in [1.54, 1.807) is 24.3 Å². The number of thioether (sulfide) groups is 1. The summed E-state index contributed by atoms with van der Waals surface area (Å²) in [6, 6.07) is 11.8. The van der Waals surface area contributed by atoms with Crippen LogP contribution in [0.3, 0.4) is 0 Å². The van der Waals surface area contributed by atoms with E-state index in [2.05, 4.69) is 0 Å². The van der Waals surface area contributed by atoms with Crippen molar-refractivity contribution >= 4 is 23.4 Å². The summed E-state index contributed by atoms with van der Waals surface area (Å²) >= 11 is 7.18. The fourth-order valence-corrected chi connectivity index (χ4v) is 2.47. The zero-order valence-corrected chi connectivity index (χ0v) is 10.4. The number of hydrogen-bond acceptors (Lipinski definition) is 2. The van der Waals surface area contributed by atoms with Gasteiger partial charge in [0.15, 0.2) is 0 Å². The fourth-order valence-electron chi connectivity index (χ4n) is 1.37. The number of hydrogen-bond donors (Lipinski definition) is 1. The van der Waals surface area contributed by atoms with E-state index in [-0.39, 0.29) is 10.8 Å². The topological polar surface area (TPSA) is 20.2 Å². The molecule has 0 spiro atoms. The van der Waals surface area contributed by atoms with Crippen molar-refractivity contribution in [2.24, 2.45) is 0 Å². The summed E-state index contributed by atoms with van der Waals surface area (Å²) in [5.41, 5.74) is 0.921. The molecule has 88 valence electrons. The lowest BCUT2D eigenvalue weighted by atomic mass is 10.2. The average Bonchev–Trinajstić information content (AvgIpc) is 2.32. The van der Waals surface area contributed by atoms with Crippen LogP contribution in [0, 0.1) is 5.82 Å². The predicted octanol–water partition coefficient (Wildman–Crippen LogP) is 4.48. The summed E-state index contributed by atoms with van der Waals surface area (Å²) in [4.78, 5) is 0.799. The molecule has 1 N–H and O–H groups in total. The lowest BCUT2D eigenvalue weighted by molar-refractivity contribution is 0.462. The van der Waals surface area contributed by atoms with Crippen LogP contribution in [0.4, 0.5) is 4.39 Å². The monoisotopic (exact) mass is 268 g/mol. The maximum Gasteiger partial charge on any atom is 0.141 e. The van der Waals surface area contributed by atoms with E-state index in [9.17, 15) is 9.50 Å². The molecular formula is C13H10ClFOS. The number of phenols is 1. The number of aromatic hydroxyl groups is 1. The summed E-state index contributed by atoms with van der Waals surface area (Å²) in [6.45, 7) is 0.